The van der Waals surface area contributed by atoms with E-state index < -0.39 is 6.10 Å². The predicted octanol–water partition coefficient (Wildman–Crippen LogP) is 0.451. The minimum atomic E-state index is -0.694. The molecule has 0 radical (unpaired) electrons. The lowest BCUT2D eigenvalue weighted by Gasteiger charge is -2.15. The van der Waals surface area contributed by atoms with Gasteiger partial charge in [0, 0.05) is 7.05 Å². The molecule has 1 atom stereocenters. The van der Waals surface area contributed by atoms with E-state index in [2.05, 4.69) is 16.2 Å². The van der Waals surface area contributed by atoms with Gasteiger partial charge in [0.25, 0.3) is 5.91 Å². The van der Waals surface area contributed by atoms with Crippen LogP contribution in [0.1, 0.15) is 12.5 Å². The molecule has 0 aliphatic carbocycles. The molecule has 19 heavy (non-hydrogen) atoms. The van der Waals surface area contributed by atoms with Gasteiger partial charge in [0.05, 0.1) is 11.6 Å². The first kappa shape index (κ1) is 14.7. The number of nitrogens with one attached hydrogen (secondary N) is 3. The number of carbonyl (C=O) groups excluding carboxylic acids is 1. The van der Waals surface area contributed by atoms with Crippen molar-refractivity contribution in [3.8, 4) is 11.8 Å². The van der Waals surface area contributed by atoms with Crippen molar-refractivity contribution >= 4 is 23.2 Å². The van der Waals surface area contributed by atoms with Gasteiger partial charge >= 0.3 is 0 Å². The average molecular weight is 278 g/mol. The van der Waals surface area contributed by atoms with Gasteiger partial charge in [-0.1, -0.05) is 0 Å². The quantitative estimate of drug-likeness (QED) is 0.550. The van der Waals surface area contributed by atoms with Gasteiger partial charge in [0.1, 0.15) is 5.75 Å². The van der Waals surface area contributed by atoms with E-state index in [-0.39, 0.29) is 5.91 Å². The smallest absolute Gasteiger partial charge is 0.279 e. The Balaban J connectivity index is 2.49. The van der Waals surface area contributed by atoms with E-state index in [1.54, 1.807) is 38.2 Å². The van der Waals surface area contributed by atoms with Crippen molar-refractivity contribution in [1.29, 1.82) is 5.26 Å². The molecule has 0 saturated carbocycles. The Kier molecular flexibility index (Phi) is 5.57. The van der Waals surface area contributed by atoms with Crippen molar-refractivity contribution in [2.75, 3.05) is 7.05 Å². The van der Waals surface area contributed by atoms with Gasteiger partial charge in [-0.3, -0.25) is 15.6 Å². The standard InChI is InChI=1S/C12H14N4O2S/c1-8(11(17)15-16-12(19)14-2)18-10-5-3-9(7-13)4-6-10/h3-6,8H,1-2H3,(H,15,17)(H2,14,16,19)/t8-/m1/s1. The third kappa shape index (κ3) is 4.81. The summed E-state index contributed by atoms with van der Waals surface area (Å²) in [6.07, 6.45) is -0.694. The molecule has 0 fully saturated rings. The Hall–Kier alpha value is -2.33. The molecule has 100 valence electrons. The third-order valence-electron chi connectivity index (χ3n) is 2.19. The molecule has 0 aromatic heterocycles. The largest absolute Gasteiger partial charge is 0.481 e. The summed E-state index contributed by atoms with van der Waals surface area (Å²) in [6.45, 7) is 1.61. The summed E-state index contributed by atoms with van der Waals surface area (Å²) in [7, 11) is 1.64. The highest BCUT2D eigenvalue weighted by molar-refractivity contribution is 7.80. The molecule has 7 heteroatoms. The zero-order valence-electron chi connectivity index (χ0n) is 10.6. The van der Waals surface area contributed by atoms with Crippen LogP contribution in [0.4, 0.5) is 0 Å². The van der Waals surface area contributed by atoms with Gasteiger partial charge in [-0.25, -0.2) is 0 Å². The maximum Gasteiger partial charge on any atom is 0.279 e. The molecule has 0 spiro atoms. The van der Waals surface area contributed by atoms with Crippen molar-refractivity contribution in [2.45, 2.75) is 13.0 Å². The molecule has 1 aromatic rings. The second kappa shape index (κ2) is 7.18. The van der Waals surface area contributed by atoms with E-state index >= 15 is 0 Å². The first-order chi connectivity index (χ1) is 9.06. The van der Waals surface area contributed by atoms with E-state index in [9.17, 15) is 4.79 Å². The van der Waals surface area contributed by atoms with Crippen LogP contribution in [0.3, 0.4) is 0 Å². The van der Waals surface area contributed by atoms with Crippen molar-refractivity contribution in [3.63, 3.8) is 0 Å². The number of hydrazine groups is 1. The maximum absolute atomic E-state index is 11.7. The fourth-order valence-electron chi connectivity index (χ4n) is 1.15. The van der Waals surface area contributed by atoms with Gasteiger partial charge in [-0.15, -0.1) is 0 Å². The first-order valence-corrected chi connectivity index (χ1v) is 5.92. The Bertz CT molecular complexity index is 495. The number of carbonyl (C=O) groups is 1. The van der Waals surface area contributed by atoms with Gasteiger partial charge < -0.3 is 10.1 Å². The summed E-state index contributed by atoms with van der Waals surface area (Å²) in [5, 5.41) is 11.6. The van der Waals surface area contributed by atoms with Crippen LogP contribution in [0.15, 0.2) is 24.3 Å². The molecule has 1 aromatic carbocycles. The number of ether oxygens (including phenoxy) is 1. The lowest BCUT2D eigenvalue weighted by Crippen LogP contribution is -2.49. The lowest BCUT2D eigenvalue weighted by molar-refractivity contribution is -0.127. The van der Waals surface area contributed by atoms with Gasteiger partial charge in [-0.2, -0.15) is 5.26 Å². The summed E-state index contributed by atoms with van der Waals surface area (Å²) >= 11 is 4.81. The van der Waals surface area contributed by atoms with Crippen molar-refractivity contribution in [1.82, 2.24) is 16.2 Å². The third-order valence-corrected chi connectivity index (χ3v) is 2.50. The molecular weight excluding hydrogens is 264 g/mol. The summed E-state index contributed by atoms with van der Waals surface area (Å²) in [4.78, 5) is 11.7. The number of amides is 1. The zero-order chi connectivity index (χ0) is 14.3. The van der Waals surface area contributed by atoms with E-state index in [0.29, 0.717) is 16.4 Å². The topological polar surface area (TPSA) is 86.2 Å². The fraction of sp³-hybridized carbons (Fsp3) is 0.250. The molecule has 1 rings (SSSR count). The highest BCUT2D eigenvalue weighted by Gasteiger charge is 2.14. The summed E-state index contributed by atoms with van der Waals surface area (Å²) in [5.41, 5.74) is 5.45. The minimum absolute atomic E-state index is 0.305. The Morgan fingerprint density at radius 2 is 2.00 bits per heavy atom. The molecule has 0 bridgehead atoms. The van der Waals surface area contributed by atoms with Crippen LogP contribution in [-0.2, 0) is 4.79 Å². The maximum atomic E-state index is 11.7. The van der Waals surface area contributed by atoms with Crippen LogP contribution in [0.2, 0.25) is 0 Å². The van der Waals surface area contributed by atoms with Crippen LogP contribution in [0.5, 0.6) is 5.75 Å². The van der Waals surface area contributed by atoms with Gasteiger partial charge in [0.15, 0.2) is 11.2 Å². The van der Waals surface area contributed by atoms with Gasteiger partial charge in [0.2, 0.25) is 0 Å². The Morgan fingerprint density at radius 1 is 1.37 bits per heavy atom. The second-order valence-corrected chi connectivity index (χ2v) is 4.00. The first-order valence-electron chi connectivity index (χ1n) is 5.51. The van der Waals surface area contributed by atoms with Crippen molar-refractivity contribution in [3.05, 3.63) is 29.8 Å². The molecule has 0 saturated heterocycles. The predicted molar refractivity (Wildman–Crippen MR) is 74.2 cm³/mol. The summed E-state index contributed by atoms with van der Waals surface area (Å²) in [6, 6.07) is 8.51. The van der Waals surface area contributed by atoms with E-state index in [1.807, 2.05) is 6.07 Å². The summed E-state index contributed by atoms with van der Waals surface area (Å²) in [5.74, 6) is 0.153. The molecule has 6 nitrogen and oxygen atoms in total. The van der Waals surface area contributed by atoms with Gasteiger partial charge in [-0.05, 0) is 43.4 Å². The lowest BCUT2D eigenvalue weighted by atomic mass is 10.2. The van der Waals surface area contributed by atoms with E-state index in [0.717, 1.165) is 0 Å². The molecular formula is C12H14N4O2S. The highest BCUT2D eigenvalue weighted by atomic mass is 32.1. The normalized spacial score (nSPS) is 10.8. The van der Waals surface area contributed by atoms with Crippen LogP contribution in [0, 0.1) is 11.3 Å². The number of hydrogen-bond donors (Lipinski definition) is 3. The molecule has 0 aliphatic rings. The highest BCUT2D eigenvalue weighted by Crippen LogP contribution is 2.13. The van der Waals surface area contributed by atoms with Crippen LogP contribution in [-0.4, -0.2) is 24.2 Å². The molecule has 0 heterocycles. The molecule has 0 aliphatic heterocycles. The fourth-order valence-corrected chi connectivity index (χ4v) is 1.20. The molecule has 3 N–H and O–H groups in total. The number of hydrogen-bond acceptors (Lipinski definition) is 4. The van der Waals surface area contributed by atoms with Crippen molar-refractivity contribution in [2.24, 2.45) is 0 Å². The molecule has 0 unspecified atom stereocenters. The Morgan fingerprint density at radius 3 is 2.53 bits per heavy atom. The number of nitrogens with zero attached hydrogens (tertiary/aromatic N) is 1. The monoisotopic (exact) mass is 278 g/mol. The SMILES string of the molecule is CNC(=S)NNC(=O)[C@@H](C)Oc1ccc(C#N)cc1. The molecule has 1 amide bonds. The number of benzene rings is 1. The number of thiocarbonyl (C=S) groups is 1. The number of nitriles is 1. The summed E-state index contributed by atoms with van der Waals surface area (Å²) < 4.78 is 5.42. The second-order valence-electron chi connectivity index (χ2n) is 3.59. The Labute approximate surface area is 116 Å². The van der Waals surface area contributed by atoms with E-state index in [1.165, 1.54) is 0 Å². The number of rotatable bonds is 3. The minimum Gasteiger partial charge on any atom is -0.481 e. The van der Waals surface area contributed by atoms with Crippen LogP contribution >= 0.6 is 12.2 Å². The van der Waals surface area contributed by atoms with Crippen LogP contribution in [0.25, 0.3) is 0 Å². The van der Waals surface area contributed by atoms with E-state index in [4.69, 9.17) is 22.2 Å². The van der Waals surface area contributed by atoms with Crippen LogP contribution < -0.4 is 20.9 Å². The average Bonchev–Trinajstić information content (AvgIpc) is 2.44. The van der Waals surface area contributed by atoms with Crippen molar-refractivity contribution < 1.29 is 9.53 Å². The zero-order valence-corrected chi connectivity index (χ0v) is 11.4.